The van der Waals surface area contributed by atoms with Gasteiger partial charge in [0.1, 0.15) is 0 Å². The Morgan fingerprint density at radius 2 is 2.16 bits per heavy atom. The zero-order valence-corrected chi connectivity index (χ0v) is 11.8. The molecule has 0 amide bonds. The first kappa shape index (κ1) is 13.8. The maximum atomic E-state index is 11.1. The first-order valence-corrected chi connectivity index (χ1v) is 6.79. The van der Waals surface area contributed by atoms with Crippen LogP contribution in [0, 0.1) is 22.5 Å². The van der Waals surface area contributed by atoms with E-state index in [1.165, 1.54) is 18.9 Å². The predicted octanol–water partition coefficient (Wildman–Crippen LogP) is 3.68. The van der Waals surface area contributed by atoms with Gasteiger partial charge in [-0.15, -0.1) is 0 Å². The van der Waals surface area contributed by atoms with E-state index in [9.17, 15) is 10.1 Å². The Bertz CT molecular complexity index is 486. The highest BCUT2D eigenvalue weighted by Crippen LogP contribution is 2.38. The van der Waals surface area contributed by atoms with Crippen LogP contribution in [0.15, 0.2) is 12.1 Å². The molecule has 1 heterocycles. The summed E-state index contributed by atoms with van der Waals surface area (Å²) < 4.78 is 0. The second-order valence-electron chi connectivity index (χ2n) is 6.01. The normalized spacial score (nSPS) is 21.9. The van der Waals surface area contributed by atoms with Crippen LogP contribution in [0.4, 0.5) is 11.5 Å². The number of anilines is 1. The summed E-state index contributed by atoms with van der Waals surface area (Å²) in [6, 6.07) is 3.45. The lowest BCUT2D eigenvalue weighted by Gasteiger charge is -2.39. The highest BCUT2D eigenvalue weighted by Gasteiger charge is 2.33. The quantitative estimate of drug-likeness (QED) is 0.667. The Morgan fingerprint density at radius 3 is 2.79 bits per heavy atom. The van der Waals surface area contributed by atoms with E-state index in [4.69, 9.17) is 0 Å². The summed E-state index contributed by atoms with van der Waals surface area (Å²) in [5.41, 5.74) is 1.01. The Hall–Kier alpha value is -1.65. The summed E-state index contributed by atoms with van der Waals surface area (Å²) in [4.78, 5) is 15.0. The van der Waals surface area contributed by atoms with Gasteiger partial charge in [-0.2, -0.15) is 0 Å². The van der Waals surface area contributed by atoms with E-state index in [0.717, 1.165) is 18.5 Å². The van der Waals surface area contributed by atoms with Gasteiger partial charge in [0.25, 0.3) is 0 Å². The molecule has 1 aliphatic rings. The fourth-order valence-electron chi connectivity index (χ4n) is 2.73. The first-order valence-electron chi connectivity index (χ1n) is 6.79. The van der Waals surface area contributed by atoms with E-state index in [-0.39, 0.29) is 22.1 Å². The third kappa shape index (κ3) is 3.03. The minimum absolute atomic E-state index is 0.0620. The molecule has 0 aromatic carbocycles. The first-order chi connectivity index (χ1) is 8.90. The van der Waals surface area contributed by atoms with E-state index in [2.05, 4.69) is 24.1 Å². The number of nitrogens with zero attached hydrogens (tertiary/aromatic N) is 2. The average Bonchev–Trinajstić information content (AvgIpc) is 2.31. The fourth-order valence-corrected chi connectivity index (χ4v) is 2.73. The summed E-state index contributed by atoms with van der Waals surface area (Å²) in [5.74, 6) is 0.407. The lowest BCUT2D eigenvalue weighted by molar-refractivity contribution is -0.384. The van der Waals surface area contributed by atoms with Crippen molar-refractivity contribution in [3.63, 3.8) is 0 Å². The molecule has 1 N–H and O–H groups in total. The molecule has 0 radical (unpaired) electrons. The van der Waals surface area contributed by atoms with Crippen molar-refractivity contribution in [2.45, 2.75) is 52.5 Å². The molecule has 19 heavy (non-hydrogen) atoms. The number of hydrogen-bond acceptors (Lipinski definition) is 4. The van der Waals surface area contributed by atoms with Gasteiger partial charge in [0.2, 0.25) is 5.82 Å². The van der Waals surface area contributed by atoms with E-state index in [0.29, 0.717) is 5.82 Å². The van der Waals surface area contributed by atoms with Gasteiger partial charge in [0, 0.05) is 17.8 Å². The summed E-state index contributed by atoms with van der Waals surface area (Å²) >= 11 is 0. The maximum absolute atomic E-state index is 11.1. The number of aromatic nitrogens is 1. The molecule has 1 fully saturated rings. The predicted molar refractivity (Wildman–Crippen MR) is 75.3 cm³/mol. The lowest BCUT2D eigenvalue weighted by Crippen LogP contribution is -2.39. The highest BCUT2D eigenvalue weighted by molar-refractivity contribution is 5.56. The van der Waals surface area contributed by atoms with Crippen LogP contribution >= 0.6 is 0 Å². The fraction of sp³-hybridized carbons (Fsp3) is 0.643. The summed E-state index contributed by atoms with van der Waals surface area (Å²) in [6.45, 7) is 6.28. The molecule has 1 unspecified atom stereocenters. The Kier molecular flexibility index (Phi) is 3.73. The number of hydrogen-bond donors (Lipinski definition) is 1. The Labute approximate surface area is 113 Å². The van der Waals surface area contributed by atoms with Crippen molar-refractivity contribution in [1.82, 2.24) is 4.98 Å². The molecule has 2 rings (SSSR count). The SMILES string of the molecule is Cc1ccc([N+](=O)[O-])c(NC2CCCCC2(C)C)n1. The van der Waals surface area contributed by atoms with E-state index < -0.39 is 0 Å². The molecule has 1 aromatic heterocycles. The molecule has 1 aromatic rings. The van der Waals surface area contributed by atoms with Crippen molar-refractivity contribution in [3.05, 3.63) is 27.9 Å². The van der Waals surface area contributed by atoms with Crippen LogP contribution in [-0.4, -0.2) is 15.9 Å². The summed E-state index contributed by atoms with van der Waals surface area (Å²) in [5, 5.41) is 14.4. The third-order valence-corrected chi connectivity index (χ3v) is 4.03. The molecule has 0 saturated heterocycles. The zero-order valence-electron chi connectivity index (χ0n) is 11.8. The largest absolute Gasteiger partial charge is 0.361 e. The van der Waals surface area contributed by atoms with Crippen molar-refractivity contribution in [2.24, 2.45) is 5.41 Å². The Balaban J connectivity index is 2.27. The molecule has 1 aliphatic carbocycles. The molecule has 5 heteroatoms. The molecule has 0 bridgehead atoms. The molecule has 1 atom stereocenters. The minimum Gasteiger partial charge on any atom is -0.361 e. The van der Waals surface area contributed by atoms with Gasteiger partial charge in [0.15, 0.2) is 0 Å². The van der Waals surface area contributed by atoms with Crippen LogP contribution in [0.1, 0.15) is 45.2 Å². The van der Waals surface area contributed by atoms with E-state index in [1.807, 2.05) is 6.92 Å². The zero-order chi connectivity index (χ0) is 14.0. The minimum atomic E-state index is -0.370. The van der Waals surface area contributed by atoms with Crippen LogP contribution in [0.5, 0.6) is 0 Å². The number of rotatable bonds is 3. The van der Waals surface area contributed by atoms with Crippen molar-refractivity contribution in [2.75, 3.05) is 5.32 Å². The number of nitro groups is 1. The van der Waals surface area contributed by atoms with Gasteiger partial charge in [-0.25, -0.2) is 4.98 Å². The molecule has 0 spiro atoms. The highest BCUT2D eigenvalue weighted by atomic mass is 16.6. The van der Waals surface area contributed by atoms with Gasteiger partial charge in [0.05, 0.1) is 4.92 Å². The molecule has 5 nitrogen and oxygen atoms in total. The van der Waals surface area contributed by atoms with Crippen molar-refractivity contribution >= 4 is 11.5 Å². The smallest absolute Gasteiger partial charge is 0.311 e. The molecule has 0 aliphatic heterocycles. The summed E-state index contributed by atoms with van der Waals surface area (Å²) in [7, 11) is 0. The number of nitrogens with one attached hydrogen (secondary N) is 1. The van der Waals surface area contributed by atoms with Crippen molar-refractivity contribution < 1.29 is 4.92 Å². The Morgan fingerprint density at radius 1 is 1.42 bits per heavy atom. The average molecular weight is 263 g/mol. The standard InChI is InChI=1S/C14H21N3O2/c1-10-7-8-11(17(18)19)13(15-10)16-12-6-4-5-9-14(12,2)3/h7-8,12H,4-6,9H2,1-3H3,(H,15,16). The number of pyridine rings is 1. The summed E-state index contributed by atoms with van der Waals surface area (Å²) in [6.07, 6.45) is 4.58. The molecular weight excluding hydrogens is 242 g/mol. The monoisotopic (exact) mass is 263 g/mol. The topological polar surface area (TPSA) is 68.1 Å². The molecule has 1 saturated carbocycles. The second-order valence-corrected chi connectivity index (χ2v) is 6.01. The van der Waals surface area contributed by atoms with Crippen molar-refractivity contribution in [1.29, 1.82) is 0 Å². The van der Waals surface area contributed by atoms with Crippen LogP contribution in [0.25, 0.3) is 0 Å². The third-order valence-electron chi connectivity index (χ3n) is 4.03. The van der Waals surface area contributed by atoms with Gasteiger partial charge < -0.3 is 5.32 Å². The lowest BCUT2D eigenvalue weighted by atomic mass is 9.73. The van der Waals surface area contributed by atoms with Crippen LogP contribution in [-0.2, 0) is 0 Å². The molecule has 104 valence electrons. The van der Waals surface area contributed by atoms with Crippen molar-refractivity contribution in [3.8, 4) is 0 Å². The second kappa shape index (κ2) is 5.15. The van der Waals surface area contributed by atoms with Crippen LogP contribution in [0.3, 0.4) is 0 Å². The molecular formula is C14H21N3O2. The van der Waals surface area contributed by atoms with E-state index in [1.54, 1.807) is 6.07 Å². The van der Waals surface area contributed by atoms with Gasteiger partial charge >= 0.3 is 5.69 Å². The number of aryl methyl sites for hydroxylation is 1. The van der Waals surface area contributed by atoms with E-state index >= 15 is 0 Å². The van der Waals surface area contributed by atoms with Crippen LogP contribution in [0.2, 0.25) is 0 Å². The van der Waals surface area contributed by atoms with Crippen LogP contribution < -0.4 is 5.32 Å². The van der Waals surface area contributed by atoms with Gasteiger partial charge in [-0.05, 0) is 31.2 Å². The van der Waals surface area contributed by atoms with Gasteiger partial charge in [-0.3, -0.25) is 10.1 Å². The van der Waals surface area contributed by atoms with Gasteiger partial charge in [-0.1, -0.05) is 26.7 Å². The maximum Gasteiger partial charge on any atom is 0.311 e.